The molecule has 0 aliphatic heterocycles. The van der Waals surface area contributed by atoms with Crippen LogP contribution in [0.2, 0.25) is 0 Å². The summed E-state index contributed by atoms with van der Waals surface area (Å²) in [5.41, 5.74) is 2.17. The number of aromatic nitrogens is 1. The highest BCUT2D eigenvalue weighted by atomic mass is 32.2. The van der Waals surface area contributed by atoms with Crippen LogP contribution >= 0.6 is 34.4 Å². The molecule has 1 N–H and O–H groups in total. The van der Waals surface area contributed by atoms with Crippen molar-refractivity contribution in [1.82, 2.24) is 4.57 Å². The van der Waals surface area contributed by atoms with E-state index in [1.165, 1.54) is 29.8 Å². The van der Waals surface area contributed by atoms with Crippen LogP contribution in [0.3, 0.4) is 0 Å². The number of hydrogen-bond acceptors (Lipinski definition) is 10. The first-order chi connectivity index (χ1) is 19.3. The number of thiophene rings is 1. The van der Waals surface area contributed by atoms with Crippen LogP contribution in [0, 0.1) is 0 Å². The molecular weight excluding hydrogens is 575 g/mol. The van der Waals surface area contributed by atoms with Crippen molar-refractivity contribution < 1.29 is 33.4 Å². The monoisotopic (exact) mass is 605 g/mol. The number of benzene rings is 1. The molecule has 0 saturated carbocycles. The van der Waals surface area contributed by atoms with Gasteiger partial charge in [0.15, 0.2) is 4.80 Å². The van der Waals surface area contributed by atoms with Crippen LogP contribution in [0.1, 0.15) is 47.0 Å². The lowest BCUT2D eigenvalue weighted by molar-refractivity contribution is -0.141. The molecule has 13 heteroatoms. The van der Waals surface area contributed by atoms with Crippen molar-refractivity contribution in [2.45, 2.75) is 45.6 Å². The van der Waals surface area contributed by atoms with E-state index >= 15 is 0 Å². The highest BCUT2D eigenvalue weighted by Crippen LogP contribution is 2.38. The minimum absolute atomic E-state index is 0.0118. The second-order valence-corrected chi connectivity index (χ2v) is 12.0. The topological polar surface area (TPSA) is 125 Å². The number of thioether (sulfide) groups is 1. The fraction of sp³-hybridized carbons (Fsp3) is 0.444. The zero-order valence-corrected chi connectivity index (χ0v) is 25.0. The summed E-state index contributed by atoms with van der Waals surface area (Å²) in [5.74, 6) is -1.01. The molecular formula is C27H31N3O7S3. The van der Waals surface area contributed by atoms with E-state index in [1.54, 1.807) is 30.7 Å². The molecule has 2 amide bonds. The molecule has 1 aliphatic rings. The molecule has 2 heterocycles. The fourth-order valence-corrected chi connectivity index (χ4v) is 7.36. The Morgan fingerprint density at radius 1 is 1.07 bits per heavy atom. The summed E-state index contributed by atoms with van der Waals surface area (Å²) >= 11 is 3.82. The van der Waals surface area contributed by atoms with Gasteiger partial charge in [0.2, 0.25) is 5.91 Å². The Balaban J connectivity index is 1.44. The van der Waals surface area contributed by atoms with Crippen molar-refractivity contribution in [1.29, 1.82) is 0 Å². The molecule has 2 aromatic heterocycles. The first-order valence-electron chi connectivity index (χ1n) is 12.9. The van der Waals surface area contributed by atoms with Crippen LogP contribution in [0.25, 0.3) is 10.2 Å². The van der Waals surface area contributed by atoms with Crippen molar-refractivity contribution in [3.8, 4) is 5.75 Å². The molecule has 0 unspecified atom stereocenters. The summed E-state index contributed by atoms with van der Waals surface area (Å²) in [6.45, 7) is 1.91. The molecule has 3 aromatic rings. The van der Waals surface area contributed by atoms with Gasteiger partial charge in [-0.1, -0.05) is 17.8 Å². The maximum absolute atomic E-state index is 12.8. The first kappa shape index (κ1) is 29.8. The van der Waals surface area contributed by atoms with Gasteiger partial charge in [-0.05, 0) is 56.4 Å². The SMILES string of the molecule is CCOC(=O)c1c(NC(=O)CSCC(=O)N=c2sc3cc(OC)ccc3n2CC(=O)OC)sc2c1CCCCC2. The van der Waals surface area contributed by atoms with Gasteiger partial charge in [0.1, 0.15) is 17.3 Å². The molecule has 10 nitrogen and oxygen atoms in total. The van der Waals surface area contributed by atoms with Gasteiger partial charge in [0.05, 0.1) is 48.1 Å². The lowest BCUT2D eigenvalue weighted by atomic mass is 10.1. The molecule has 0 spiro atoms. The molecule has 1 aromatic carbocycles. The summed E-state index contributed by atoms with van der Waals surface area (Å²) in [6.07, 6.45) is 4.84. The number of nitrogens with zero attached hydrogens (tertiary/aromatic N) is 2. The van der Waals surface area contributed by atoms with E-state index in [0.29, 0.717) is 21.1 Å². The molecule has 0 fully saturated rings. The average Bonchev–Trinajstić information content (AvgIpc) is 3.34. The highest BCUT2D eigenvalue weighted by molar-refractivity contribution is 8.00. The van der Waals surface area contributed by atoms with Crippen molar-refractivity contribution >= 4 is 73.4 Å². The van der Waals surface area contributed by atoms with Gasteiger partial charge in [-0.15, -0.1) is 23.1 Å². The Kier molecular flexibility index (Phi) is 10.4. The molecule has 0 radical (unpaired) electrons. The first-order valence-corrected chi connectivity index (χ1v) is 15.6. The van der Waals surface area contributed by atoms with E-state index in [4.69, 9.17) is 14.2 Å². The number of hydrogen-bond donors (Lipinski definition) is 1. The summed E-state index contributed by atoms with van der Waals surface area (Å²) < 4.78 is 17.8. The lowest BCUT2D eigenvalue weighted by Gasteiger charge is -2.08. The Morgan fingerprint density at radius 2 is 1.88 bits per heavy atom. The predicted octanol–water partition coefficient (Wildman–Crippen LogP) is 4.19. The number of aryl methyl sites for hydroxylation is 1. The number of nitrogens with one attached hydrogen (secondary N) is 1. The second kappa shape index (κ2) is 14.0. The third kappa shape index (κ3) is 7.12. The fourth-order valence-electron chi connectivity index (χ4n) is 4.39. The molecule has 1 aliphatic carbocycles. The molecule has 40 heavy (non-hydrogen) atoms. The summed E-state index contributed by atoms with van der Waals surface area (Å²) in [5, 5.41) is 3.38. The van der Waals surface area contributed by atoms with Crippen LogP contribution in [-0.2, 0) is 43.2 Å². The van der Waals surface area contributed by atoms with Crippen molar-refractivity contribution in [2.75, 3.05) is 37.6 Å². The van der Waals surface area contributed by atoms with Crippen molar-refractivity contribution in [3.05, 3.63) is 39.0 Å². The standard InChI is InChI=1S/C27H31N3O7S3/c1-4-37-26(34)24-17-8-6-5-7-9-19(17)39-25(24)28-21(31)14-38-15-22(32)29-27-30(13-23(33)36-3)18-11-10-16(35-2)12-20(18)40-27/h10-12H,4-9,13-15H2,1-3H3,(H,28,31). The number of amides is 2. The van der Waals surface area contributed by atoms with E-state index in [2.05, 4.69) is 10.3 Å². The number of ether oxygens (including phenoxy) is 3. The van der Waals surface area contributed by atoms with Gasteiger partial charge < -0.3 is 24.1 Å². The van der Waals surface area contributed by atoms with Gasteiger partial charge in [-0.2, -0.15) is 4.99 Å². The van der Waals surface area contributed by atoms with E-state index < -0.39 is 17.8 Å². The number of carbonyl (C=O) groups excluding carboxylic acids is 4. The lowest BCUT2D eigenvalue weighted by Crippen LogP contribution is -2.23. The molecule has 0 bridgehead atoms. The van der Waals surface area contributed by atoms with Gasteiger partial charge >= 0.3 is 11.9 Å². The summed E-state index contributed by atoms with van der Waals surface area (Å²) in [4.78, 5) is 55.9. The molecule has 0 atom stereocenters. The van der Waals surface area contributed by atoms with Crippen molar-refractivity contribution in [2.24, 2.45) is 4.99 Å². The third-order valence-corrected chi connectivity index (χ3v) is 9.40. The zero-order valence-electron chi connectivity index (χ0n) is 22.6. The third-order valence-electron chi connectivity index (χ3n) is 6.24. The Morgan fingerprint density at radius 3 is 2.62 bits per heavy atom. The normalized spacial score (nSPS) is 13.4. The van der Waals surface area contributed by atoms with E-state index in [1.807, 2.05) is 6.07 Å². The summed E-state index contributed by atoms with van der Waals surface area (Å²) in [6, 6.07) is 5.37. The van der Waals surface area contributed by atoms with Crippen molar-refractivity contribution in [3.63, 3.8) is 0 Å². The number of anilines is 1. The van der Waals surface area contributed by atoms with E-state index in [9.17, 15) is 19.2 Å². The van der Waals surface area contributed by atoms with Gasteiger partial charge in [-0.3, -0.25) is 14.4 Å². The Hall–Kier alpha value is -3.16. The number of carbonyl (C=O) groups is 4. The highest BCUT2D eigenvalue weighted by Gasteiger charge is 2.26. The Bertz CT molecular complexity index is 1490. The number of thiazole rings is 1. The largest absolute Gasteiger partial charge is 0.497 e. The minimum atomic E-state index is -0.469. The predicted molar refractivity (Wildman–Crippen MR) is 156 cm³/mol. The Labute approximate surface area is 243 Å². The summed E-state index contributed by atoms with van der Waals surface area (Å²) in [7, 11) is 2.86. The van der Waals surface area contributed by atoms with Crippen LogP contribution in [0.15, 0.2) is 23.2 Å². The smallest absolute Gasteiger partial charge is 0.341 e. The quantitative estimate of drug-likeness (QED) is 0.269. The van der Waals surface area contributed by atoms with E-state index in [0.717, 1.165) is 64.5 Å². The van der Waals surface area contributed by atoms with Crippen LogP contribution in [0.4, 0.5) is 5.00 Å². The maximum atomic E-state index is 12.8. The van der Waals surface area contributed by atoms with Crippen LogP contribution < -0.4 is 14.9 Å². The molecule has 0 saturated heterocycles. The maximum Gasteiger partial charge on any atom is 0.341 e. The van der Waals surface area contributed by atoms with Gasteiger partial charge in [0, 0.05) is 4.88 Å². The second-order valence-electron chi connectivity index (χ2n) is 8.92. The minimum Gasteiger partial charge on any atom is -0.497 e. The van der Waals surface area contributed by atoms with Crippen LogP contribution in [0.5, 0.6) is 5.75 Å². The zero-order chi connectivity index (χ0) is 28.6. The van der Waals surface area contributed by atoms with Gasteiger partial charge in [0.25, 0.3) is 5.91 Å². The number of esters is 2. The molecule has 4 rings (SSSR count). The van der Waals surface area contributed by atoms with Gasteiger partial charge in [-0.25, -0.2) is 4.79 Å². The average molecular weight is 606 g/mol. The van der Waals surface area contributed by atoms with Crippen LogP contribution in [-0.4, -0.2) is 60.7 Å². The van der Waals surface area contributed by atoms with E-state index in [-0.39, 0.29) is 30.6 Å². The number of rotatable bonds is 10. The molecule has 214 valence electrons. The number of fused-ring (bicyclic) bond motifs is 2. The number of methoxy groups -OCH3 is 2.